The van der Waals surface area contributed by atoms with Crippen molar-refractivity contribution in [3.8, 4) is 0 Å². The zero-order chi connectivity index (χ0) is 19.2. The van der Waals surface area contributed by atoms with Crippen molar-refractivity contribution in [2.24, 2.45) is 46.8 Å². The van der Waals surface area contributed by atoms with Gasteiger partial charge >= 0.3 is 0 Å². The minimum Gasteiger partial charge on any atom is -0.326 e. The summed E-state index contributed by atoms with van der Waals surface area (Å²) in [6.07, 6.45) is 15.0. The van der Waals surface area contributed by atoms with Gasteiger partial charge < -0.3 is 5.32 Å². The van der Waals surface area contributed by atoms with Gasteiger partial charge in [0.2, 0.25) is 5.91 Å². The second-order valence-corrected chi connectivity index (χ2v) is 12.2. The minimum absolute atomic E-state index is 0.0482. The van der Waals surface area contributed by atoms with E-state index in [2.05, 4.69) is 29.6 Å². The van der Waals surface area contributed by atoms with Crippen LogP contribution in [0, 0.1) is 46.8 Å². The van der Waals surface area contributed by atoms with Crippen LogP contribution in [-0.4, -0.2) is 5.91 Å². The topological polar surface area (TPSA) is 29.1 Å². The first kappa shape index (κ1) is 17.4. The van der Waals surface area contributed by atoms with E-state index in [1.54, 1.807) is 0 Å². The zero-order valence-electron chi connectivity index (χ0n) is 17.6. The van der Waals surface area contributed by atoms with Gasteiger partial charge in [0.25, 0.3) is 0 Å². The van der Waals surface area contributed by atoms with Gasteiger partial charge in [-0.3, -0.25) is 4.79 Å². The van der Waals surface area contributed by atoms with Gasteiger partial charge in [-0.25, -0.2) is 0 Å². The lowest BCUT2D eigenvalue weighted by molar-refractivity contribution is -0.140. The Hall–Kier alpha value is -1.31. The fourth-order valence-corrected chi connectivity index (χ4v) is 9.95. The van der Waals surface area contributed by atoms with Gasteiger partial charge in [-0.05, 0) is 136 Å². The Bertz CT molecular complexity index is 777. The maximum absolute atomic E-state index is 13.5. The summed E-state index contributed by atoms with van der Waals surface area (Å²) in [5.41, 5.74) is 2.53. The number of benzene rings is 1. The Morgan fingerprint density at radius 3 is 1.90 bits per heavy atom. The molecular weight excluding hydrogens is 354 g/mol. The molecule has 0 radical (unpaired) electrons. The fourth-order valence-electron chi connectivity index (χ4n) is 9.95. The van der Waals surface area contributed by atoms with Crippen LogP contribution in [0.5, 0.6) is 0 Å². The first-order valence-electron chi connectivity index (χ1n) is 12.5. The highest BCUT2D eigenvalue weighted by atomic mass is 16.2. The van der Waals surface area contributed by atoms with Crippen molar-refractivity contribution in [3.05, 3.63) is 29.8 Å². The van der Waals surface area contributed by atoms with E-state index in [1.165, 1.54) is 56.9 Å². The highest BCUT2D eigenvalue weighted by Gasteiger charge is 2.54. The first-order chi connectivity index (χ1) is 14.1. The van der Waals surface area contributed by atoms with Crippen LogP contribution in [0.25, 0.3) is 0 Å². The third kappa shape index (κ3) is 2.70. The lowest BCUT2D eigenvalue weighted by Gasteiger charge is -2.55. The van der Waals surface area contributed by atoms with Crippen LogP contribution in [0.15, 0.2) is 24.3 Å². The molecule has 9 rings (SSSR count). The first-order valence-corrected chi connectivity index (χ1v) is 12.5. The molecular formula is C27H35NO. The number of rotatable bonds is 3. The number of carbonyl (C=O) groups is 1. The van der Waals surface area contributed by atoms with Gasteiger partial charge in [-0.15, -0.1) is 0 Å². The van der Waals surface area contributed by atoms with Gasteiger partial charge in [-0.1, -0.05) is 12.1 Å². The number of anilines is 1. The summed E-state index contributed by atoms with van der Waals surface area (Å²) in [5, 5.41) is 3.42. The SMILES string of the molecule is O=C(Nc1cccc(C2C3CC4CC(C3)CC2C4)c1)C12CC3CC(CC(C3)C1)C2. The second-order valence-electron chi connectivity index (χ2n) is 12.2. The van der Waals surface area contributed by atoms with Gasteiger partial charge in [-0.2, -0.15) is 0 Å². The molecule has 2 nitrogen and oxygen atoms in total. The van der Waals surface area contributed by atoms with Crippen LogP contribution in [0.1, 0.15) is 82.1 Å². The third-order valence-electron chi connectivity index (χ3n) is 10.3. The predicted octanol–water partition coefficient (Wildman–Crippen LogP) is 6.38. The van der Waals surface area contributed by atoms with Crippen LogP contribution in [-0.2, 0) is 4.79 Å². The number of amides is 1. The molecule has 8 bridgehead atoms. The largest absolute Gasteiger partial charge is 0.326 e. The maximum atomic E-state index is 13.5. The Morgan fingerprint density at radius 1 is 0.759 bits per heavy atom. The zero-order valence-corrected chi connectivity index (χ0v) is 17.6. The molecule has 0 aliphatic heterocycles. The molecule has 1 N–H and O–H groups in total. The summed E-state index contributed by atoms with van der Waals surface area (Å²) in [4.78, 5) is 13.5. The number of nitrogens with one attached hydrogen (secondary N) is 1. The monoisotopic (exact) mass is 389 g/mol. The standard InChI is InChI=1S/C27H35NO/c29-26(27-13-18-5-19(14-27)7-20(6-18)15-27)28-24-3-1-2-21(12-24)25-22-8-16-4-17(10-22)11-23(25)9-16/h1-3,12,16-20,22-23,25H,4-11,13-15H2,(H,28,29). The molecule has 1 aromatic rings. The van der Waals surface area contributed by atoms with Gasteiger partial charge in [0, 0.05) is 5.69 Å². The van der Waals surface area contributed by atoms with E-state index in [4.69, 9.17) is 0 Å². The Labute approximate surface area is 175 Å². The lowest BCUT2D eigenvalue weighted by atomic mass is 9.49. The second kappa shape index (κ2) is 6.11. The van der Waals surface area contributed by atoms with Gasteiger partial charge in [0.05, 0.1) is 5.41 Å². The molecule has 0 unspecified atom stereocenters. The van der Waals surface area contributed by atoms with Gasteiger partial charge in [0.1, 0.15) is 0 Å². The highest BCUT2D eigenvalue weighted by Crippen LogP contribution is 2.61. The summed E-state index contributed by atoms with van der Waals surface area (Å²) in [6, 6.07) is 9.05. The predicted molar refractivity (Wildman–Crippen MR) is 115 cm³/mol. The fraction of sp³-hybridized carbons (Fsp3) is 0.741. The molecule has 1 aromatic carbocycles. The number of carbonyl (C=O) groups excluding carboxylic acids is 1. The quantitative estimate of drug-likeness (QED) is 0.638. The van der Waals surface area contributed by atoms with Crippen molar-refractivity contribution in [2.75, 3.05) is 5.32 Å². The molecule has 0 aromatic heterocycles. The molecule has 0 saturated heterocycles. The molecule has 0 spiro atoms. The van der Waals surface area contributed by atoms with E-state index in [1.807, 2.05) is 0 Å². The van der Waals surface area contributed by atoms with Crippen molar-refractivity contribution in [1.82, 2.24) is 0 Å². The molecule has 8 saturated carbocycles. The van der Waals surface area contributed by atoms with Crippen LogP contribution >= 0.6 is 0 Å². The molecule has 8 aliphatic rings. The van der Waals surface area contributed by atoms with Crippen molar-refractivity contribution in [1.29, 1.82) is 0 Å². The molecule has 154 valence electrons. The van der Waals surface area contributed by atoms with E-state index in [-0.39, 0.29) is 5.41 Å². The van der Waals surface area contributed by atoms with E-state index >= 15 is 0 Å². The molecule has 8 aliphatic carbocycles. The van der Waals surface area contributed by atoms with Crippen LogP contribution in [0.2, 0.25) is 0 Å². The summed E-state index contributed by atoms with van der Waals surface area (Å²) in [7, 11) is 0. The van der Waals surface area contributed by atoms with Crippen molar-refractivity contribution in [3.63, 3.8) is 0 Å². The maximum Gasteiger partial charge on any atom is 0.230 e. The van der Waals surface area contributed by atoms with Crippen molar-refractivity contribution < 1.29 is 4.79 Å². The van der Waals surface area contributed by atoms with E-state index in [0.717, 1.165) is 72.3 Å². The molecule has 0 heterocycles. The Balaban J connectivity index is 1.13. The average Bonchev–Trinajstić information content (AvgIpc) is 2.66. The normalized spacial score (nSPS) is 48.8. The summed E-state index contributed by atoms with van der Waals surface area (Å²) < 4.78 is 0. The van der Waals surface area contributed by atoms with Crippen LogP contribution in [0.3, 0.4) is 0 Å². The molecule has 29 heavy (non-hydrogen) atoms. The smallest absolute Gasteiger partial charge is 0.230 e. The molecule has 1 amide bonds. The summed E-state index contributed by atoms with van der Waals surface area (Å²) in [6.45, 7) is 0. The number of hydrogen-bond acceptors (Lipinski definition) is 1. The molecule has 0 atom stereocenters. The van der Waals surface area contributed by atoms with Crippen LogP contribution < -0.4 is 5.32 Å². The van der Waals surface area contributed by atoms with Crippen molar-refractivity contribution in [2.45, 2.75) is 76.5 Å². The molecule has 2 heteroatoms. The van der Waals surface area contributed by atoms with E-state index < -0.39 is 0 Å². The highest BCUT2D eigenvalue weighted by molar-refractivity contribution is 5.95. The average molecular weight is 390 g/mol. The summed E-state index contributed by atoms with van der Waals surface area (Å²) >= 11 is 0. The van der Waals surface area contributed by atoms with Crippen LogP contribution in [0.4, 0.5) is 5.69 Å². The number of hydrogen-bond donors (Lipinski definition) is 1. The summed E-state index contributed by atoms with van der Waals surface area (Å²) in [5.74, 6) is 7.42. The lowest BCUT2D eigenvalue weighted by Crippen LogP contribution is -2.51. The van der Waals surface area contributed by atoms with E-state index in [0.29, 0.717) is 5.91 Å². The molecule has 8 fully saturated rings. The Morgan fingerprint density at radius 2 is 1.31 bits per heavy atom. The minimum atomic E-state index is -0.0482. The van der Waals surface area contributed by atoms with Gasteiger partial charge in [0.15, 0.2) is 0 Å². The third-order valence-corrected chi connectivity index (χ3v) is 10.3. The Kier molecular flexibility index (Phi) is 3.66. The van der Waals surface area contributed by atoms with Crippen molar-refractivity contribution >= 4 is 11.6 Å². The van der Waals surface area contributed by atoms with E-state index in [9.17, 15) is 4.79 Å².